The summed E-state index contributed by atoms with van der Waals surface area (Å²) in [4.78, 5) is 26.4. The van der Waals surface area contributed by atoms with Gasteiger partial charge in [-0.3, -0.25) is 4.79 Å². The summed E-state index contributed by atoms with van der Waals surface area (Å²) in [6.45, 7) is 7.32. The Morgan fingerprint density at radius 1 is 1.21 bits per heavy atom. The Morgan fingerprint density at radius 3 is 2.74 bits per heavy atom. The number of piperidine rings is 1. The van der Waals surface area contributed by atoms with E-state index in [1.54, 1.807) is 0 Å². The van der Waals surface area contributed by atoms with E-state index in [1.807, 2.05) is 27.8 Å². The van der Waals surface area contributed by atoms with E-state index in [2.05, 4.69) is 10.6 Å². The molecule has 0 amide bonds. The van der Waals surface area contributed by atoms with E-state index >= 15 is 0 Å². The molecule has 5 rings (SSSR count). The number of Topliss-reactive ketones (excluding diaryl/α,β-unsaturated/α-hetero) is 1. The maximum Gasteiger partial charge on any atom is 0.341 e. The van der Waals surface area contributed by atoms with Crippen LogP contribution in [-0.4, -0.2) is 91.0 Å². The van der Waals surface area contributed by atoms with Crippen molar-refractivity contribution >= 4 is 11.8 Å². The first-order valence-electron chi connectivity index (χ1n) is 14.6. The van der Waals surface area contributed by atoms with E-state index in [0.717, 1.165) is 32.2 Å². The van der Waals surface area contributed by atoms with Crippen LogP contribution in [0, 0.1) is 17.8 Å². The Hall–Kier alpha value is -1.14. The van der Waals surface area contributed by atoms with Crippen LogP contribution in [0.2, 0.25) is 0 Å². The number of carbonyl (C=O) groups is 2. The summed E-state index contributed by atoms with van der Waals surface area (Å²) in [5, 5.41) is 17.7. The van der Waals surface area contributed by atoms with E-state index < -0.39 is 29.3 Å². The largest absolute Gasteiger partial charge is 0.457 e. The van der Waals surface area contributed by atoms with Gasteiger partial charge in [0.1, 0.15) is 11.9 Å². The van der Waals surface area contributed by atoms with Gasteiger partial charge in [0.05, 0.1) is 48.2 Å². The van der Waals surface area contributed by atoms with Gasteiger partial charge >= 0.3 is 5.97 Å². The number of aliphatic hydroxyl groups is 1. The van der Waals surface area contributed by atoms with Crippen LogP contribution >= 0.6 is 0 Å². The van der Waals surface area contributed by atoms with E-state index in [0.29, 0.717) is 38.1 Å². The molecule has 0 spiro atoms. The number of fused-ring (bicyclic) bond motifs is 2. The Labute approximate surface area is 226 Å². The number of rotatable bonds is 8. The zero-order valence-corrected chi connectivity index (χ0v) is 23.3. The summed E-state index contributed by atoms with van der Waals surface area (Å²) in [7, 11) is 1.86. The number of aliphatic hydroxyl groups excluding tert-OH is 1. The van der Waals surface area contributed by atoms with Crippen molar-refractivity contribution in [1.82, 2.24) is 10.6 Å². The molecule has 0 aromatic carbocycles. The molecular weight excluding hydrogens is 490 g/mol. The van der Waals surface area contributed by atoms with Crippen LogP contribution in [0.15, 0.2) is 0 Å². The average molecular weight is 538 g/mol. The molecule has 216 valence electrons. The summed E-state index contributed by atoms with van der Waals surface area (Å²) < 4.78 is 24.8. The van der Waals surface area contributed by atoms with E-state index in [1.165, 1.54) is 0 Å². The maximum atomic E-state index is 13.7. The van der Waals surface area contributed by atoms with Gasteiger partial charge in [-0.25, -0.2) is 4.79 Å². The normalized spacial score (nSPS) is 46.1. The van der Waals surface area contributed by atoms with Gasteiger partial charge in [-0.15, -0.1) is 0 Å². The summed E-state index contributed by atoms with van der Waals surface area (Å²) in [6.07, 6.45) is 3.34. The number of ketones is 1. The SMILES string of the molecule is CNCCC1(C(=O)OC2CC3C(CC4OC(C)CC(=O)C4C3O)OC2(C)C)OC1CCC1CCNC(N)C1. The number of nitrogens with one attached hydrogen (secondary N) is 2. The number of esters is 1. The van der Waals surface area contributed by atoms with Crippen molar-refractivity contribution in [2.24, 2.45) is 23.5 Å². The van der Waals surface area contributed by atoms with Crippen LogP contribution in [0.5, 0.6) is 0 Å². The minimum Gasteiger partial charge on any atom is -0.457 e. The number of hydrogen-bond acceptors (Lipinski definition) is 10. The van der Waals surface area contributed by atoms with Crippen molar-refractivity contribution in [3.8, 4) is 0 Å². The standard InChI is InChI=1S/C28H47N3O7/c1-15-11-18(32)24-20(35-15)14-19-17(25(24)33)13-22(27(2,3)37-19)36-26(34)28(8-10-30-4)21(38-28)6-5-16-7-9-31-23(29)12-16/h15-17,19-25,30-31,33H,5-14,29H2,1-4H3. The fraction of sp³-hybridized carbons (Fsp3) is 0.929. The Morgan fingerprint density at radius 2 is 2.00 bits per heavy atom. The highest BCUT2D eigenvalue weighted by molar-refractivity contribution is 5.84. The lowest BCUT2D eigenvalue weighted by Crippen LogP contribution is -2.63. The number of epoxide rings is 1. The predicted octanol–water partition coefficient (Wildman–Crippen LogP) is 1.02. The van der Waals surface area contributed by atoms with Crippen molar-refractivity contribution in [3.63, 3.8) is 0 Å². The molecule has 10 nitrogen and oxygen atoms in total. The summed E-state index contributed by atoms with van der Waals surface area (Å²) in [6, 6.07) is 0. The molecular formula is C28H47N3O7. The highest BCUT2D eigenvalue weighted by Crippen LogP contribution is 2.49. The lowest BCUT2D eigenvalue weighted by Gasteiger charge is -2.53. The molecule has 11 atom stereocenters. The number of hydrogen-bond donors (Lipinski definition) is 4. The molecule has 0 aromatic rings. The molecule has 0 bridgehead atoms. The lowest BCUT2D eigenvalue weighted by atomic mass is 9.67. The molecule has 0 radical (unpaired) electrons. The third kappa shape index (κ3) is 5.55. The predicted molar refractivity (Wildman–Crippen MR) is 139 cm³/mol. The first-order chi connectivity index (χ1) is 18.0. The Kier molecular flexibility index (Phi) is 8.24. The average Bonchev–Trinajstić information content (AvgIpc) is 3.56. The van der Waals surface area contributed by atoms with Crippen LogP contribution in [0.3, 0.4) is 0 Å². The molecule has 0 aromatic heterocycles. The molecule has 11 unspecified atom stereocenters. The van der Waals surface area contributed by atoms with Gasteiger partial charge in [-0.1, -0.05) is 0 Å². The van der Waals surface area contributed by atoms with E-state index in [9.17, 15) is 14.7 Å². The minimum atomic E-state index is -0.954. The fourth-order valence-corrected chi connectivity index (χ4v) is 7.41. The van der Waals surface area contributed by atoms with Crippen molar-refractivity contribution in [1.29, 1.82) is 0 Å². The first-order valence-corrected chi connectivity index (χ1v) is 14.6. The number of nitrogens with two attached hydrogens (primary N) is 1. The summed E-state index contributed by atoms with van der Waals surface area (Å²) in [5.41, 5.74) is 4.37. The molecule has 38 heavy (non-hydrogen) atoms. The van der Waals surface area contributed by atoms with Crippen molar-refractivity contribution < 1.29 is 33.6 Å². The second-order valence-electron chi connectivity index (χ2n) is 12.8. The molecule has 1 aliphatic carbocycles. The highest BCUT2D eigenvalue weighted by Gasteiger charge is 2.64. The highest BCUT2D eigenvalue weighted by atomic mass is 16.7. The van der Waals surface area contributed by atoms with Gasteiger partial charge in [0, 0.05) is 25.2 Å². The quantitative estimate of drug-likeness (QED) is 0.262. The van der Waals surface area contributed by atoms with Crippen LogP contribution in [0.25, 0.3) is 0 Å². The Bertz CT molecular complexity index is 887. The topological polar surface area (TPSA) is 145 Å². The maximum absolute atomic E-state index is 13.7. The summed E-state index contributed by atoms with van der Waals surface area (Å²) >= 11 is 0. The smallest absolute Gasteiger partial charge is 0.341 e. The molecule has 4 heterocycles. The van der Waals surface area contributed by atoms with Gasteiger partial charge in [-0.2, -0.15) is 0 Å². The molecule has 4 aliphatic heterocycles. The fourth-order valence-electron chi connectivity index (χ4n) is 7.41. The van der Waals surface area contributed by atoms with Crippen molar-refractivity contribution in [2.75, 3.05) is 20.1 Å². The van der Waals surface area contributed by atoms with E-state index in [4.69, 9.17) is 24.7 Å². The lowest BCUT2D eigenvalue weighted by molar-refractivity contribution is -0.257. The number of carbonyl (C=O) groups excluding carboxylic acids is 2. The Balaban J connectivity index is 1.24. The molecule has 5 aliphatic rings. The third-order valence-corrected chi connectivity index (χ3v) is 9.67. The van der Waals surface area contributed by atoms with Crippen LogP contribution in [0.4, 0.5) is 0 Å². The van der Waals surface area contributed by atoms with Crippen LogP contribution < -0.4 is 16.4 Å². The second kappa shape index (κ2) is 11.0. The van der Waals surface area contributed by atoms with Gasteiger partial charge in [0.25, 0.3) is 0 Å². The third-order valence-electron chi connectivity index (χ3n) is 9.67. The zero-order valence-electron chi connectivity index (χ0n) is 23.3. The summed E-state index contributed by atoms with van der Waals surface area (Å²) in [5.74, 6) is -0.615. The van der Waals surface area contributed by atoms with Crippen molar-refractivity contribution in [2.45, 2.75) is 126 Å². The second-order valence-corrected chi connectivity index (χ2v) is 12.8. The number of ether oxygens (including phenoxy) is 4. The molecule has 5 fully saturated rings. The molecule has 1 saturated carbocycles. The van der Waals surface area contributed by atoms with Gasteiger partial charge in [0.2, 0.25) is 0 Å². The van der Waals surface area contributed by atoms with Gasteiger partial charge in [-0.05, 0) is 78.9 Å². The monoisotopic (exact) mass is 537 g/mol. The van der Waals surface area contributed by atoms with E-state index in [-0.39, 0.29) is 48.3 Å². The molecule has 4 saturated heterocycles. The zero-order chi connectivity index (χ0) is 27.2. The van der Waals surface area contributed by atoms with Crippen LogP contribution in [0.1, 0.15) is 72.1 Å². The van der Waals surface area contributed by atoms with Crippen LogP contribution in [-0.2, 0) is 28.5 Å². The van der Waals surface area contributed by atoms with Gasteiger partial charge in [0.15, 0.2) is 5.60 Å². The minimum absolute atomic E-state index is 0.0366. The molecule has 10 heteroatoms. The van der Waals surface area contributed by atoms with Gasteiger partial charge < -0.3 is 40.4 Å². The first kappa shape index (κ1) is 28.4. The van der Waals surface area contributed by atoms with Crippen molar-refractivity contribution in [3.05, 3.63) is 0 Å². The molecule has 5 N–H and O–H groups in total.